The zero-order valence-electron chi connectivity index (χ0n) is 17.4. The summed E-state index contributed by atoms with van der Waals surface area (Å²) in [5.74, 6) is -0.583. The van der Waals surface area contributed by atoms with E-state index in [1.807, 2.05) is 93.6 Å². The molecule has 0 unspecified atom stereocenters. The summed E-state index contributed by atoms with van der Waals surface area (Å²) in [6, 6.07) is 23.2. The van der Waals surface area contributed by atoms with Crippen molar-refractivity contribution in [1.29, 1.82) is 0 Å². The van der Waals surface area contributed by atoms with Crippen molar-refractivity contribution in [2.75, 3.05) is 5.32 Å². The lowest BCUT2D eigenvalue weighted by molar-refractivity contribution is -0.137. The molecular formula is C26H24N2O2. The molecule has 1 aliphatic heterocycles. The van der Waals surface area contributed by atoms with Crippen molar-refractivity contribution in [3.63, 3.8) is 0 Å². The van der Waals surface area contributed by atoms with Gasteiger partial charge in [-0.2, -0.15) is 0 Å². The normalized spacial score (nSPS) is 13.9. The molecule has 3 aromatic rings. The Morgan fingerprint density at radius 3 is 2.17 bits per heavy atom. The van der Waals surface area contributed by atoms with Crippen LogP contribution in [-0.2, 0) is 16.1 Å². The summed E-state index contributed by atoms with van der Waals surface area (Å²) in [6.07, 6.45) is 0. The van der Waals surface area contributed by atoms with Crippen molar-refractivity contribution in [3.05, 3.63) is 106 Å². The van der Waals surface area contributed by atoms with E-state index in [9.17, 15) is 9.59 Å². The topological polar surface area (TPSA) is 49.4 Å². The van der Waals surface area contributed by atoms with Gasteiger partial charge in [0, 0.05) is 5.69 Å². The zero-order valence-corrected chi connectivity index (χ0v) is 17.4. The van der Waals surface area contributed by atoms with Crippen molar-refractivity contribution < 1.29 is 9.59 Å². The number of anilines is 1. The van der Waals surface area contributed by atoms with E-state index in [2.05, 4.69) is 5.32 Å². The number of carbonyl (C=O) groups excluding carboxylic acids is 2. The largest absolute Gasteiger partial charge is 0.350 e. The predicted octanol–water partition coefficient (Wildman–Crippen LogP) is 5.00. The number of amides is 2. The molecule has 1 N–H and O–H groups in total. The minimum Gasteiger partial charge on any atom is -0.350 e. The van der Waals surface area contributed by atoms with Gasteiger partial charge in [0.25, 0.3) is 11.8 Å². The average molecular weight is 396 g/mol. The highest BCUT2D eigenvalue weighted by Gasteiger charge is 2.39. The Bertz CT molecular complexity index is 1150. The minimum absolute atomic E-state index is 0.242. The quantitative estimate of drug-likeness (QED) is 0.617. The van der Waals surface area contributed by atoms with E-state index in [1.165, 1.54) is 4.90 Å². The monoisotopic (exact) mass is 396 g/mol. The first-order valence-electron chi connectivity index (χ1n) is 10.0. The third-order valence-electron chi connectivity index (χ3n) is 5.56. The first-order chi connectivity index (χ1) is 14.5. The molecule has 0 bridgehead atoms. The number of carbonyl (C=O) groups is 2. The highest BCUT2D eigenvalue weighted by atomic mass is 16.2. The molecule has 0 spiro atoms. The van der Waals surface area contributed by atoms with Gasteiger partial charge in [0.1, 0.15) is 5.70 Å². The lowest BCUT2D eigenvalue weighted by atomic mass is 10.0. The molecule has 0 atom stereocenters. The average Bonchev–Trinajstić information content (AvgIpc) is 2.97. The summed E-state index contributed by atoms with van der Waals surface area (Å²) in [6.45, 7) is 6.27. The maximum absolute atomic E-state index is 13.4. The molecule has 4 rings (SSSR count). The molecule has 2 amide bonds. The molecule has 0 saturated carbocycles. The molecule has 0 aromatic heterocycles. The first kappa shape index (κ1) is 19.6. The fourth-order valence-corrected chi connectivity index (χ4v) is 3.61. The lowest BCUT2D eigenvalue weighted by Gasteiger charge is -2.16. The third kappa shape index (κ3) is 3.64. The summed E-state index contributed by atoms with van der Waals surface area (Å²) < 4.78 is 0. The summed E-state index contributed by atoms with van der Waals surface area (Å²) in [5.41, 5.74) is 6.49. The van der Waals surface area contributed by atoms with Crippen LogP contribution in [0.2, 0.25) is 0 Å². The minimum atomic E-state index is -0.305. The van der Waals surface area contributed by atoms with E-state index in [0.717, 1.165) is 33.5 Å². The fraction of sp³-hybridized carbons (Fsp3) is 0.154. The molecular weight excluding hydrogens is 372 g/mol. The summed E-state index contributed by atoms with van der Waals surface area (Å²) in [4.78, 5) is 28.0. The highest BCUT2D eigenvalue weighted by molar-refractivity contribution is 6.36. The number of nitrogens with one attached hydrogen (secondary N) is 1. The fourth-order valence-electron chi connectivity index (χ4n) is 3.61. The lowest BCUT2D eigenvalue weighted by Crippen LogP contribution is -2.32. The van der Waals surface area contributed by atoms with Crippen LogP contribution in [0.15, 0.2) is 78.5 Å². The Hall–Kier alpha value is -3.66. The number of rotatable bonds is 5. The Morgan fingerprint density at radius 1 is 0.767 bits per heavy atom. The standard InChI is InChI=1S/C26H24N2O2/c1-17-12-14-21(15-13-17)23-24(27-22-11-7-8-18(2)19(22)3)26(30)28(25(23)29)16-20-9-5-4-6-10-20/h4-15,27H,16H2,1-3H3. The van der Waals surface area contributed by atoms with Gasteiger partial charge in [0.15, 0.2) is 0 Å². The maximum Gasteiger partial charge on any atom is 0.278 e. The number of benzene rings is 3. The van der Waals surface area contributed by atoms with Crippen molar-refractivity contribution in [2.45, 2.75) is 27.3 Å². The molecule has 0 fully saturated rings. The van der Waals surface area contributed by atoms with Crippen molar-refractivity contribution in [3.8, 4) is 0 Å². The Kier molecular flexibility index (Phi) is 5.23. The number of imide groups is 1. The number of aryl methyl sites for hydroxylation is 2. The van der Waals surface area contributed by atoms with Crippen LogP contribution >= 0.6 is 0 Å². The second-order valence-corrected chi connectivity index (χ2v) is 7.67. The van der Waals surface area contributed by atoms with Crippen molar-refractivity contribution in [2.24, 2.45) is 0 Å². The summed E-state index contributed by atoms with van der Waals surface area (Å²) >= 11 is 0. The smallest absolute Gasteiger partial charge is 0.278 e. The Balaban J connectivity index is 1.77. The van der Waals surface area contributed by atoms with Gasteiger partial charge in [-0.3, -0.25) is 14.5 Å². The molecule has 0 saturated heterocycles. The van der Waals surface area contributed by atoms with Crippen LogP contribution in [0.5, 0.6) is 0 Å². The van der Waals surface area contributed by atoms with Gasteiger partial charge >= 0.3 is 0 Å². The summed E-state index contributed by atoms with van der Waals surface area (Å²) in [7, 11) is 0. The predicted molar refractivity (Wildman–Crippen MR) is 120 cm³/mol. The molecule has 4 nitrogen and oxygen atoms in total. The van der Waals surface area contributed by atoms with E-state index in [4.69, 9.17) is 0 Å². The molecule has 1 aliphatic rings. The number of hydrogen-bond acceptors (Lipinski definition) is 3. The molecule has 150 valence electrons. The second-order valence-electron chi connectivity index (χ2n) is 7.67. The van der Waals surface area contributed by atoms with Crippen LogP contribution in [-0.4, -0.2) is 16.7 Å². The zero-order chi connectivity index (χ0) is 21.3. The Labute approximate surface area is 176 Å². The van der Waals surface area contributed by atoms with E-state index >= 15 is 0 Å². The van der Waals surface area contributed by atoms with Gasteiger partial charge in [-0.15, -0.1) is 0 Å². The molecule has 3 aromatic carbocycles. The van der Waals surface area contributed by atoms with Crippen LogP contribution in [0.3, 0.4) is 0 Å². The number of hydrogen-bond donors (Lipinski definition) is 1. The summed E-state index contributed by atoms with van der Waals surface area (Å²) in [5, 5.41) is 3.28. The van der Waals surface area contributed by atoms with Crippen LogP contribution in [0.1, 0.15) is 27.8 Å². The van der Waals surface area contributed by atoms with Crippen LogP contribution < -0.4 is 5.32 Å². The van der Waals surface area contributed by atoms with E-state index in [0.29, 0.717) is 11.3 Å². The molecule has 0 aliphatic carbocycles. The van der Waals surface area contributed by atoms with Gasteiger partial charge in [-0.1, -0.05) is 72.3 Å². The van der Waals surface area contributed by atoms with Crippen LogP contribution in [0.25, 0.3) is 5.57 Å². The van der Waals surface area contributed by atoms with Crippen LogP contribution in [0.4, 0.5) is 5.69 Å². The highest BCUT2D eigenvalue weighted by Crippen LogP contribution is 2.32. The van der Waals surface area contributed by atoms with E-state index < -0.39 is 0 Å². The van der Waals surface area contributed by atoms with Gasteiger partial charge in [0.2, 0.25) is 0 Å². The SMILES string of the molecule is Cc1ccc(C2=C(Nc3cccc(C)c3C)C(=O)N(Cc3ccccc3)C2=O)cc1. The third-order valence-corrected chi connectivity index (χ3v) is 5.56. The number of nitrogens with zero attached hydrogens (tertiary/aromatic N) is 1. The van der Waals surface area contributed by atoms with Gasteiger partial charge < -0.3 is 5.32 Å². The molecule has 30 heavy (non-hydrogen) atoms. The van der Waals surface area contributed by atoms with E-state index in [1.54, 1.807) is 0 Å². The maximum atomic E-state index is 13.4. The van der Waals surface area contributed by atoms with Gasteiger partial charge in [-0.25, -0.2) is 0 Å². The van der Waals surface area contributed by atoms with Crippen LogP contribution in [0, 0.1) is 20.8 Å². The van der Waals surface area contributed by atoms with Gasteiger partial charge in [-0.05, 0) is 49.1 Å². The van der Waals surface area contributed by atoms with Gasteiger partial charge in [0.05, 0.1) is 12.1 Å². The molecule has 1 heterocycles. The molecule has 0 radical (unpaired) electrons. The van der Waals surface area contributed by atoms with E-state index in [-0.39, 0.29) is 18.4 Å². The van der Waals surface area contributed by atoms with Crippen molar-refractivity contribution >= 4 is 23.1 Å². The second kappa shape index (κ2) is 7.99. The Morgan fingerprint density at radius 2 is 1.47 bits per heavy atom. The van der Waals surface area contributed by atoms with Crippen molar-refractivity contribution in [1.82, 2.24) is 4.90 Å². The first-order valence-corrected chi connectivity index (χ1v) is 10.0. The molecule has 4 heteroatoms.